The van der Waals surface area contributed by atoms with Gasteiger partial charge in [0.1, 0.15) is 5.60 Å². The van der Waals surface area contributed by atoms with Crippen molar-refractivity contribution in [1.82, 2.24) is 19.9 Å². The van der Waals surface area contributed by atoms with Gasteiger partial charge in [-0.25, -0.2) is 14.3 Å². The lowest BCUT2D eigenvalue weighted by atomic mass is 9.71. The topological polar surface area (TPSA) is 88.8 Å². The summed E-state index contributed by atoms with van der Waals surface area (Å²) in [4.78, 5) is 17.3. The Morgan fingerprint density at radius 3 is 2.34 bits per heavy atom. The van der Waals surface area contributed by atoms with Crippen LogP contribution in [0.15, 0.2) is 91.1 Å². The first-order valence-corrected chi connectivity index (χ1v) is 14.0. The molecule has 2 heterocycles. The van der Waals surface area contributed by atoms with Crippen molar-refractivity contribution < 1.29 is 14.6 Å². The van der Waals surface area contributed by atoms with Crippen LogP contribution >= 0.6 is 0 Å². The molecule has 2 N–H and O–H groups in total. The van der Waals surface area contributed by atoms with Crippen LogP contribution in [0.4, 0.5) is 4.79 Å². The summed E-state index contributed by atoms with van der Waals surface area (Å²) in [7, 11) is 0. The number of aromatic nitrogens is 3. The van der Waals surface area contributed by atoms with Crippen LogP contribution in [-0.4, -0.2) is 31.4 Å². The SMILES string of the molecule is CC(C)(C)OC(=O)NC1(c2ccc(-c3nn4c(-c5cccc(CO)c5)cnc4cc3-c3ccccc3)cc2)CCC1. The molecule has 0 unspecified atom stereocenters. The molecule has 6 rings (SSSR count). The minimum absolute atomic E-state index is 0.0297. The Labute approximate surface area is 239 Å². The smallest absolute Gasteiger partial charge is 0.408 e. The molecular weight excluding hydrogens is 512 g/mol. The van der Waals surface area contributed by atoms with Gasteiger partial charge in [0.25, 0.3) is 0 Å². The van der Waals surface area contributed by atoms with Crippen molar-refractivity contribution >= 4 is 11.7 Å². The second kappa shape index (κ2) is 10.5. The fourth-order valence-corrected chi connectivity index (χ4v) is 5.45. The first kappa shape index (κ1) is 26.7. The van der Waals surface area contributed by atoms with Crippen LogP contribution < -0.4 is 5.32 Å². The van der Waals surface area contributed by atoms with Gasteiger partial charge in [-0.3, -0.25) is 0 Å². The number of carbonyl (C=O) groups excluding carboxylic acids is 1. The lowest BCUT2D eigenvalue weighted by Crippen LogP contribution is -2.52. The minimum Gasteiger partial charge on any atom is -0.444 e. The molecule has 208 valence electrons. The molecule has 7 heteroatoms. The van der Waals surface area contributed by atoms with Crippen molar-refractivity contribution in [2.45, 2.75) is 57.8 Å². The monoisotopic (exact) mass is 546 g/mol. The Bertz CT molecular complexity index is 1700. The normalized spacial score (nSPS) is 14.4. The van der Waals surface area contributed by atoms with Crippen LogP contribution in [0.2, 0.25) is 0 Å². The van der Waals surface area contributed by atoms with E-state index in [9.17, 15) is 9.90 Å². The Morgan fingerprint density at radius 1 is 0.951 bits per heavy atom. The number of aliphatic hydroxyl groups is 1. The van der Waals surface area contributed by atoms with Gasteiger partial charge in [0, 0.05) is 16.7 Å². The molecule has 0 aliphatic heterocycles. The quantitative estimate of drug-likeness (QED) is 0.237. The molecule has 3 aromatic carbocycles. The zero-order valence-corrected chi connectivity index (χ0v) is 23.6. The molecule has 5 aromatic rings. The van der Waals surface area contributed by atoms with Crippen LogP contribution in [0.5, 0.6) is 0 Å². The Kier molecular flexibility index (Phi) is 6.83. The van der Waals surface area contributed by atoms with Gasteiger partial charge >= 0.3 is 6.09 Å². The van der Waals surface area contributed by atoms with Crippen molar-refractivity contribution in [1.29, 1.82) is 0 Å². The molecule has 1 fully saturated rings. The van der Waals surface area contributed by atoms with Gasteiger partial charge in [0.05, 0.1) is 29.7 Å². The number of fused-ring (bicyclic) bond motifs is 1. The third-order valence-corrected chi connectivity index (χ3v) is 7.64. The van der Waals surface area contributed by atoms with E-state index in [1.54, 1.807) is 0 Å². The number of nitrogens with zero attached hydrogens (tertiary/aromatic N) is 3. The lowest BCUT2D eigenvalue weighted by molar-refractivity contribution is 0.0377. The van der Waals surface area contributed by atoms with Gasteiger partial charge in [-0.15, -0.1) is 0 Å². The van der Waals surface area contributed by atoms with E-state index in [0.29, 0.717) is 0 Å². The second-order valence-corrected chi connectivity index (χ2v) is 11.7. The van der Waals surface area contributed by atoms with Crippen molar-refractivity contribution in [2.75, 3.05) is 0 Å². The molecule has 0 saturated heterocycles. The zero-order valence-electron chi connectivity index (χ0n) is 23.6. The molecule has 0 bridgehead atoms. The van der Waals surface area contributed by atoms with Crippen LogP contribution in [-0.2, 0) is 16.9 Å². The first-order chi connectivity index (χ1) is 19.7. The number of benzene rings is 3. The fourth-order valence-electron chi connectivity index (χ4n) is 5.45. The number of hydrogen-bond acceptors (Lipinski definition) is 5. The summed E-state index contributed by atoms with van der Waals surface area (Å²) < 4.78 is 7.43. The van der Waals surface area contributed by atoms with Crippen molar-refractivity contribution in [3.05, 3.63) is 102 Å². The molecule has 0 atom stereocenters. The number of rotatable bonds is 6. The average molecular weight is 547 g/mol. The summed E-state index contributed by atoms with van der Waals surface area (Å²) in [6.45, 7) is 5.59. The third kappa shape index (κ3) is 5.33. The Balaban J connectivity index is 1.42. The van der Waals surface area contributed by atoms with Gasteiger partial charge < -0.3 is 15.2 Å². The highest BCUT2D eigenvalue weighted by atomic mass is 16.6. The predicted molar refractivity (Wildman–Crippen MR) is 160 cm³/mol. The number of hydrogen-bond donors (Lipinski definition) is 2. The minimum atomic E-state index is -0.553. The van der Waals surface area contributed by atoms with E-state index in [2.05, 4.69) is 52.8 Å². The third-order valence-electron chi connectivity index (χ3n) is 7.64. The number of ether oxygens (including phenoxy) is 1. The van der Waals surface area contributed by atoms with E-state index in [1.807, 2.05) is 73.9 Å². The molecule has 1 aliphatic rings. The van der Waals surface area contributed by atoms with Crippen LogP contribution in [0.25, 0.3) is 39.3 Å². The summed E-state index contributed by atoms with van der Waals surface area (Å²) >= 11 is 0. The van der Waals surface area contributed by atoms with Crippen molar-refractivity contribution in [2.24, 2.45) is 0 Å². The summed E-state index contributed by atoms with van der Waals surface area (Å²) in [6, 6.07) is 28.4. The van der Waals surface area contributed by atoms with E-state index >= 15 is 0 Å². The maximum Gasteiger partial charge on any atom is 0.408 e. The molecule has 0 spiro atoms. The van der Waals surface area contributed by atoms with E-state index in [-0.39, 0.29) is 6.61 Å². The summed E-state index contributed by atoms with van der Waals surface area (Å²) in [6.07, 6.45) is 4.22. The number of nitrogens with one attached hydrogen (secondary N) is 1. The molecule has 41 heavy (non-hydrogen) atoms. The largest absolute Gasteiger partial charge is 0.444 e. The molecule has 2 aromatic heterocycles. The van der Waals surface area contributed by atoms with Crippen LogP contribution in [0.3, 0.4) is 0 Å². The molecule has 1 amide bonds. The maximum atomic E-state index is 12.7. The standard InChI is InChI=1S/C34H34N4O3/c1-33(2,3)41-32(40)36-34(17-8-18-34)27-15-13-25(14-16-27)31-28(24-10-5-4-6-11-24)20-30-35-21-29(38(30)37-31)26-12-7-9-23(19-26)22-39/h4-7,9-16,19-21,39H,8,17-18,22H2,1-3H3,(H,36,40). The Hall–Kier alpha value is -4.49. The van der Waals surface area contributed by atoms with Gasteiger partial charge in [-0.05, 0) is 68.9 Å². The van der Waals surface area contributed by atoms with Gasteiger partial charge in [0.15, 0.2) is 5.65 Å². The molecule has 1 saturated carbocycles. The fraction of sp³-hybridized carbons (Fsp3) is 0.265. The van der Waals surface area contributed by atoms with Crippen molar-refractivity contribution in [3.63, 3.8) is 0 Å². The highest BCUT2D eigenvalue weighted by Gasteiger charge is 2.41. The van der Waals surface area contributed by atoms with E-state index in [0.717, 1.165) is 69.7 Å². The van der Waals surface area contributed by atoms with E-state index in [1.165, 1.54) is 0 Å². The molecular formula is C34H34N4O3. The number of amides is 1. The van der Waals surface area contributed by atoms with Gasteiger partial charge in [0.2, 0.25) is 0 Å². The Morgan fingerprint density at radius 2 is 1.68 bits per heavy atom. The van der Waals surface area contributed by atoms with Crippen LogP contribution in [0, 0.1) is 0 Å². The van der Waals surface area contributed by atoms with Crippen molar-refractivity contribution in [3.8, 4) is 33.6 Å². The van der Waals surface area contributed by atoms with Gasteiger partial charge in [-0.1, -0.05) is 72.8 Å². The number of aliphatic hydroxyl groups excluding tert-OH is 1. The highest BCUT2D eigenvalue weighted by Crippen LogP contribution is 2.42. The molecule has 7 nitrogen and oxygen atoms in total. The second-order valence-electron chi connectivity index (χ2n) is 11.7. The maximum absolute atomic E-state index is 12.7. The summed E-state index contributed by atoms with van der Waals surface area (Å²) in [5.41, 5.74) is 7.27. The average Bonchev–Trinajstić information content (AvgIpc) is 3.37. The zero-order chi connectivity index (χ0) is 28.6. The number of carbonyl (C=O) groups is 1. The van der Waals surface area contributed by atoms with Gasteiger partial charge in [-0.2, -0.15) is 5.10 Å². The number of imidazole rings is 1. The predicted octanol–water partition coefficient (Wildman–Crippen LogP) is 7.13. The number of alkyl carbamates (subject to hydrolysis) is 1. The van der Waals surface area contributed by atoms with Crippen LogP contribution in [0.1, 0.15) is 51.2 Å². The van der Waals surface area contributed by atoms with E-state index < -0.39 is 17.2 Å². The first-order valence-electron chi connectivity index (χ1n) is 14.0. The summed E-state index contributed by atoms with van der Waals surface area (Å²) in [5.74, 6) is 0. The molecule has 1 aliphatic carbocycles. The lowest BCUT2D eigenvalue weighted by Gasteiger charge is -2.43. The van der Waals surface area contributed by atoms with E-state index in [4.69, 9.17) is 9.84 Å². The summed E-state index contributed by atoms with van der Waals surface area (Å²) in [5, 5.41) is 17.9. The highest BCUT2D eigenvalue weighted by molar-refractivity contribution is 5.83. The molecule has 0 radical (unpaired) electrons.